The lowest BCUT2D eigenvalue weighted by molar-refractivity contribution is -0.121. The number of carbonyl (C=O) groups is 1. The molecule has 2 aliphatic rings. The maximum atomic E-state index is 12.6. The second-order valence-corrected chi connectivity index (χ2v) is 8.85. The van der Waals surface area contributed by atoms with Crippen LogP contribution in [0, 0.1) is 6.92 Å². The van der Waals surface area contributed by atoms with Crippen molar-refractivity contribution in [3.8, 4) is 5.75 Å². The predicted molar refractivity (Wildman–Crippen MR) is 114 cm³/mol. The van der Waals surface area contributed by atoms with E-state index >= 15 is 0 Å². The van der Waals surface area contributed by atoms with Crippen LogP contribution in [0.2, 0.25) is 0 Å². The molecule has 1 fully saturated rings. The van der Waals surface area contributed by atoms with Gasteiger partial charge in [-0.2, -0.15) is 0 Å². The van der Waals surface area contributed by atoms with Crippen LogP contribution in [0.15, 0.2) is 21.3 Å². The topological polar surface area (TPSA) is 68.5 Å². The summed E-state index contributed by atoms with van der Waals surface area (Å²) in [6, 6.07) is 4.07. The molecule has 1 aromatic heterocycles. The summed E-state index contributed by atoms with van der Waals surface area (Å²) < 4.78 is 12.1. The molecule has 1 atom stereocenters. The first-order valence-electron chi connectivity index (χ1n) is 11.0. The standard InChI is InChI=1S/C24H31NO4/c1-4-15(2)25-22(26)13-19-16(3)18-12-17-8-11-24(9-6-5-7-10-24)29-20(17)14-21(18)28-23(19)27/h12,14-15H,4-11,13H2,1-3H3,(H,25,26)/t15-/m1/s1. The molecule has 5 nitrogen and oxygen atoms in total. The molecule has 4 rings (SSSR count). The number of nitrogens with one attached hydrogen (secondary N) is 1. The molecule has 1 N–H and O–H groups in total. The van der Waals surface area contributed by atoms with E-state index in [4.69, 9.17) is 9.15 Å². The maximum Gasteiger partial charge on any atom is 0.340 e. The van der Waals surface area contributed by atoms with E-state index < -0.39 is 5.63 Å². The largest absolute Gasteiger partial charge is 0.487 e. The van der Waals surface area contributed by atoms with E-state index in [2.05, 4.69) is 11.4 Å². The molecule has 0 bridgehead atoms. The van der Waals surface area contributed by atoms with Crippen molar-refractivity contribution in [3.63, 3.8) is 0 Å². The van der Waals surface area contributed by atoms with Gasteiger partial charge in [0.1, 0.15) is 16.9 Å². The summed E-state index contributed by atoms with van der Waals surface area (Å²) in [4.78, 5) is 24.9. The van der Waals surface area contributed by atoms with Crippen LogP contribution in [0.5, 0.6) is 5.75 Å². The van der Waals surface area contributed by atoms with Crippen molar-refractivity contribution in [2.45, 2.75) is 90.2 Å². The van der Waals surface area contributed by atoms with Gasteiger partial charge in [-0.25, -0.2) is 4.79 Å². The molecule has 29 heavy (non-hydrogen) atoms. The van der Waals surface area contributed by atoms with Gasteiger partial charge in [0.15, 0.2) is 0 Å². The van der Waals surface area contributed by atoms with Gasteiger partial charge in [-0.15, -0.1) is 0 Å². The second-order valence-electron chi connectivity index (χ2n) is 8.85. The second kappa shape index (κ2) is 7.85. The van der Waals surface area contributed by atoms with Crippen LogP contribution >= 0.6 is 0 Å². The Hall–Kier alpha value is -2.30. The van der Waals surface area contributed by atoms with Gasteiger partial charge in [-0.3, -0.25) is 4.79 Å². The molecular weight excluding hydrogens is 366 g/mol. The van der Waals surface area contributed by atoms with Gasteiger partial charge in [0.25, 0.3) is 0 Å². The molecule has 0 unspecified atom stereocenters. The summed E-state index contributed by atoms with van der Waals surface area (Å²) in [7, 11) is 0. The van der Waals surface area contributed by atoms with Crippen LogP contribution in [-0.4, -0.2) is 17.6 Å². The van der Waals surface area contributed by atoms with E-state index in [0.717, 1.165) is 48.8 Å². The van der Waals surface area contributed by atoms with Gasteiger partial charge in [-0.05, 0) is 76.0 Å². The minimum absolute atomic E-state index is 0.0394. The highest BCUT2D eigenvalue weighted by Crippen LogP contribution is 2.43. The number of benzene rings is 1. The van der Waals surface area contributed by atoms with Crippen LogP contribution in [-0.2, 0) is 17.6 Å². The minimum Gasteiger partial charge on any atom is -0.487 e. The smallest absolute Gasteiger partial charge is 0.340 e. The highest BCUT2D eigenvalue weighted by Gasteiger charge is 2.37. The molecular formula is C24H31NO4. The summed E-state index contributed by atoms with van der Waals surface area (Å²) in [5, 5.41) is 3.82. The fourth-order valence-electron chi connectivity index (χ4n) is 4.74. The lowest BCUT2D eigenvalue weighted by atomic mass is 9.79. The molecule has 2 aromatic rings. The fraction of sp³-hybridized carbons (Fsp3) is 0.583. The van der Waals surface area contributed by atoms with Gasteiger partial charge >= 0.3 is 5.63 Å². The Morgan fingerprint density at radius 1 is 1.21 bits per heavy atom. The molecule has 1 amide bonds. The van der Waals surface area contributed by atoms with Crippen LogP contribution in [0.3, 0.4) is 0 Å². The molecule has 5 heteroatoms. The lowest BCUT2D eigenvalue weighted by Crippen LogP contribution is -2.41. The quantitative estimate of drug-likeness (QED) is 0.767. The van der Waals surface area contributed by atoms with E-state index in [0.29, 0.717) is 11.1 Å². The van der Waals surface area contributed by atoms with Crippen molar-refractivity contribution in [1.29, 1.82) is 0 Å². The zero-order valence-electron chi connectivity index (χ0n) is 17.7. The molecule has 2 heterocycles. The number of hydrogen-bond acceptors (Lipinski definition) is 4. The number of rotatable bonds is 4. The zero-order chi connectivity index (χ0) is 20.6. The first kappa shape index (κ1) is 20.0. The van der Waals surface area contributed by atoms with Gasteiger partial charge in [0.05, 0.1) is 12.0 Å². The van der Waals surface area contributed by atoms with Crippen LogP contribution in [0.1, 0.15) is 75.5 Å². The summed E-state index contributed by atoms with van der Waals surface area (Å²) in [6.07, 6.45) is 8.87. The molecule has 0 radical (unpaired) electrons. The average Bonchev–Trinajstić information content (AvgIpc) is 2.70. The monoisotopic (exact) mass is 397 g/mol. The van der Waals surface area contributed by atoms with E-state index in [1.165, 1.54) is 24.8 Å². The first-order chi connectivity index (χ1) is 13.9. The minimum atomic E-state index is -0.433. The number of carbonyl (C=O) groups excluding carboxylic acids is 1. The number of aryl methyl sites for hydroxylation is 2. The zero-order valence-corrected chi connectivity index (χ0v) is 17.7. The highest BCUT2D eigenvalue weighted by atomic mass is 16.5. The summed E-state index contributed by atoms with van der Waals surface area (Å²) in [5.74, 6) is 0.713. The van der Waals surface area contributed by atoms with Crippen LogP contribution in [0.4, 0.5) is 0 Å². The van der Waals surface area contributed by atoms with Crippen molar-refractivity contribution in [1.82, 2.24) is 5.32 Å². The third kappa shape index (κ3) is 3.92. The van der Waals surface area contributed by atoms with Gasteiger partial charge in [0, 0.05) is 17.5 Å². The van der Waals surface area contributed by atoms with Crippen LogP contribution in [0.25, 0.3) is 11.0 Å². The van der Waals surface area contributed by atoms with Crippen LogP contribution < -0.4 is 15.7 Å². The summed E-state index contributed by atoms with van der Waals surface area (Å²) >= 11 is 0. The highest BCUT2D eigenvalue weighted by molar-refractivity contribution is 5.86. The molecule has 1 aliphatic carbocycles. The van der Waals surface area contributed by atoms with Gasteiger partial charge in [-0.1, -0.05) is 13.3 Å². The molecule has 1 aliphatic heterocycles. The van der Waals surface area contributed by atoms with Gasteiger partial charge < -0.3 is 14.5 Å². The Kier molecular flexibility index (Phi) is 5.41. The summed E-state index contributed by atoms with van der Waals surface area (Å²) in [6.45, 7) is 5.88. The van der Waals surface area contributed by atoms with E-state index in [1.807, 2.05) is 26.8 Å². The maximum absolute atomic E-state index is 12.6. The Balaban J connectivity index is 1.66. The van der Waals surface area contributed by atoms with E-state index in [-0.39, 0.29) is 24.0 Å². The Labute approximate surface area is 171 Å². The van der Waals surface area contributed by atoms with Crippen molar-refractivity contribution in [3.05, 3.63) is 39.2 Å². The SMILES string of the molecule is CC[C@@H](C)NC(=O)Cc1c(C)c2cc3c(cc2oc1=O)OC1(CCCCC1)CC3. The number of amides is 1. The number of ether oxygens (including phenoxy) is 1. The van der Waals surface area contributed by atoms with Crippen molar-refractivity contribution in [2.75, 3.05) is 0 Å². The van der Waals surface area contributed by atoms with Crippen molar-refractivity contribution < 1.29 is 13.9 Å². The number of fused-ring (bicyclic) bond motifs is 2. The first-order valence-corrected chi connectivity index (χ1v) is 11.0. The Morgan fingerprint density at radius 2 is 1.97 bits per heavy atom. The van der Waals surface area contributed by atoms with Gasteiger partial charge in [0.2, 0.25) is 5.91 Å². The van der Waals surface area contributed by atoms with Crippen molar-refractivity contribution in [2.24, 2.45) is 0 Å². The number of hydrogen-bond donors (Lipinski definition) is 1. The summed E-state index contributed by atoms with van der Waals surface area (Å²) in [5.41, 5.74) is 2.51. The molecule has 0 saturated heterocycles. The van der Waals surface area contributed by atoms with Crippen molar-refractivity contribution >= 4 is 16.9 Å². The molecule has 1 spiro atoms. The third-order valence-electron chi connectivity index (χ3n) is 6.77. The van der Waals surface area contributed by atoms with E-state index in [1.54, 1.807) is 0 Å². The fourth-order valence-corrected chi connectivity index (χ4v) is 4.74. The third-order valence-corrected chi connectivity index (χ3v) is 6.77. The Morgan fingerprint density at radius 3 is 2.69 bits per heavy atom. The average molecular weight is 398 g/mol. The molecule has 1 saturated carbocycles. The van der Waals surface area contributed by atoms with E-state index in [9.17, 15) is 9.59 Å². The lowest BCUT2D eigenvalue weighted by Gasteiger charge is -2.41. The predicted octanol–water partition coefficient (Wildman–Crippen LogP) is 4.59. The Bertz CT molecular complexity index is 985. The molecule has 156 valence electrons. The normalized spacial score (nSPS) is 18.9. The molecule has 1 aromatic carbocycles.